The molecule has 2 aromatic rings. The lowest BCUT2D eigenvalue weighted by Gasteiger charge is -2.03. The summed E-state index contributed by atoms with van der Waals surface area (Å²) >= 11 is 9.25. The van der Waals surface area contributed by atoms with Crippen molar-refractivity contribution in [2.75, 3.05) is 0 Å². The molecule has 0 unspecified atom stereocenters. The Kier molecular flexibility index (Phi) is 3.07. The van der Waals surface area contributed by atoms with Gasteiger partial charge < -0.3 is 0 Å². The number of hydrogen-bond donors (Lipinski definition) is 0. The highest BCUT2D eigenvalue weighted by atomic mass is 79.9. The maximum absolute atomic E-state index is 5.91. The SMILES string of the molecule is Cc1c(Cl)cnn1Cc1ccc(Br)cn1. The van der Waals surface area contributed by atoms with Crippen molar-refractivity contribution in [2.24, 2.45) is 0 Å². The van der Waals surface area contributed by atoms with Gasteiger partial charge in [0.1, 0.15) is 0 Å². The Hall–Kier alpha value is -0.870. The molecular weight excluding hydrogens is 277 g/mol. The fourth-order valence-corrected chi connectivity index (χ4v) is 1.61. The summed E-state index contributed by atoms with van der Waals surface area (Å²) in [6, 6.07) is 3.92. The molecule has 78 valence electrons. The second kappa shape index (κ2) is 4.33. The van der Waals surface area contributed by atoms with Crippen molar-refractivity contribution in [3.63, 3.8) is 0 Å². The molecule has 0 spiro atoms. The van der Waals surface area contributed by atoms with Gasteiger partial charge in [0.25, 0.3) is 0 Å². The molecule has 0 amide bonds. The maximum atomic E-state index is 5.91. The average molecular weight is 287 g/mol. The zero-order valence-electron chi connectivity index (χ0n) is 8.11. The third-order valence-electron chi connectivity index (χ3n) is 2.14. The first kappa shape index (κ1) is 10.6. The fraction of sp³-hybridized carbons (Fsp3) is 0.200. The lowest BCUT2D eigenvalue weighted by Crippen LogP contribution is -2.04. The topological polar surface area (TPSA) is 30.7 Å². The standard InChI is InChI=1S/C10H9BrClN3/c1-7-10(12)5-14-15(7)6-9-3-2-8(11)4-13-9/h2-5H,6H2,1H3. The third kappa shape index (κ3) is 2.38. The molecule has 5 heteroatoms. The van der Waals surface area contributed by atoms with Gasteiger partial charge in [0, 0.05) is 10.7 Å². The second-order valence-corrected chi connectivity index (χ2v) is 4.53. The van der Waals surface area contributed by atoms with Crippen LogP contribution in [0.5, 0.6) is 0 Å². The predicted octanol–water partition coefficient (Wildman–Crippen LogP) is 3.05. The van der Waals surface area contributed by atoms with Gasteiger partial charge in [0.15, 0.2) is 0 Å². The molecule has 0 fully saturated rings. The number of halogens is 2. The largest absolute Gasteiger partial charge is 0.262 e. The van der Waals surface area contributed by atoms with Gasteiger partial charge in [0.05, 0.1) is 29.2 Å². The summed E-state index contributed by atoms with van der Waals surface area (Å²) in [5.41, 5.74) is 1.92. The zero-order chi connectivity index (χ0) is 10.8. The Balaban J connectivity index is 2.22. The molecule has 15 heavy (non-hydrogen) atoms. The molecule has 0 aliphatic rings. The number of hydrogen-bond acceptors (Lipinski definition) is 2. The monoisotopic (exact) mass is 285 g/mol. The molecule has 0 aromatic carbocycles. The molecule has 0 N–H and O–H groups in total. The van der Waals surface area contributed by atoms with Gasteiger partial charge in [-0.15, -0.1) is 0 Å². The van der Waals surface area contributed by atoms with E-state index in [1.54, 1.807) is 12.4 Å². The Morgan fingerprint density at radius 1 is 1.40 bits per heavy atom. The molecule has 0 saturated heterocycles. The van der Waals surface area contributed by atoms with Crippen molar-refractivity contribution in [1.82, 2.24) is 14.8 Å². The molecule has 2 rings (SSSR count). The molecule has 0 saturated carbocycles. The van der Waals surface area contributed by atoms with Gasteiger partial charge in [-0.25, -0.2) is 0 Å². The molecular formula is C10H9BrClN3. The van der Waals surface area contributed by atoms with Crippen LogP contribution in [0.25, 0.3) is 0 Å². The van der Waals surface area contributed by atoms with Crippen molar-refractivity contribution >= 4 is 27.5 Å². The number of aromatic nitrogens is 3. The van der Waals surface area contributed by atoms with Crippen molar-refractivity contribution in [1.29, 1.82) is 0 Å². The Bertz CT molecular complexity index is 464. The van der Waals surface area contributed by atoms with Crippen LogP contribution in [0.3, 0.4) is 0 Å². The Morgan fingerprint density at radius 3 is 2.73 bits per heavy atom. The normalized spacial score (nSPS) is 10.6. The minimum absolute atomic E-state index is 0.645. The minimum Gasteiger partial charge on any atom is -0.262 e. The van der Waals surface area contributed by atoms with Crippen LogP contribution < -0.4 is 0 Å². The van der Waals surface area contributed by atoms with Crippen molar-refractivity contribution in [3.05, 3.63) is 45.4 Å². The lowest BCUT2D eigenvalue weighted by atomic mass is 10.3. The molecule has 0 radical (unpaired) electrons. The van der Waals surface area contributed by atoms with E-state index in [2.05, 4.69) is 26.0 Å². The van der Waals surface area contributed by atoms with Crippen molar-refractivity contribution in [2.45, 2.75) is 13.5 Å². The molecule has 3 nitrogen and oxygen atoms in total. The quantitative estimate of drug-likeness (QED) is 0.849. The first-order valence-electron chi connectivity index (χ1n) is 4.45. The smallest absolute Gasteiger partial charge is 0.0834 e. The number of rotatable bonds is 2. The van der Waals surface area contributed by atoms with E-state index in [1.165, 1.54) is 0 Å². The van der Waals surface area contributed by atoms with Crippen LogP contribution >= 0.6 is 27.5 Å². The summed E-state index contributed by atoms with van der Waals surface area (Å²) in [5, 5.41) is 4.85. The highest BCUT2D eigenvalue weighted by molar-refractivity contribution is 9.10. The van der Waals surface area contributed by atoms with Gasteiger partial charge in [-0.05, 0) is 35.0 Å². The van der Waals surface area contributed by atoms with Crippen molar-refractivity contribution < 1.29 is 0 Å². The number of pyridine rings is 1. The molecule has 2 aromatic heterocycles. The van der Waals surface area contributed by atoms with Gasteiger partial charge in [-0.3, -0.25) is 9.67 Å². The van der Waals surface area contributed by atoms with Crippen LogP contribution in [-0.2, 0) is 6.54 Å². The molecule has 0 bridgehead atoms. The van der Waals surface area contributed by atoms with E-state index in [-0.39, 0.29) is 0 Å². The van der Waals surface area contributed by atoms with E-state index >= 15 is 0 Å². The van der Waals surface area contributed by atoms with Gasteiger partial charge in [0.2, 0.25) is 0 Å². The van der Waals surface area contributed by atoms with E-state index in [4.69, 9.17) is 11.6 Å². The summed E-state index contributed by atoms with van der Waals surface area (Å²) in [6.45, 7) is 2.58. The Morgan fingerprint density at radius 2 is 2.20 bits per heavy atom. The predicted molar refractivity (Wildman–Crippen MR) is 63.0 cm³/mol. The van der Waals surface area contributed by atoms with E-state index in [0.29, 0.717) is 11.6 Å². The average Bonchev–Trinajstić information content (AvgIpc) is 2.53. The molecule has 0 aliphatic carbocycles. The lowest BCUT2D eigenvalue weighted by molar-refractivity contribution is 0.652. The molecule has 2 heterocycles. The Labute approximate surface area is 101 Å². The van der Waals surface area contributed by atoms with E-state index < -0.39 is 0 Å². The van der Waals surface area contributed by atoms with Crippen LogP contribution in [0.1, 0.15) is 11.4 Å². The molecule has 0 aliphatic heterocycles. The second-order valence-electron chi connectivity index (χ2n) is 3.20. The number of nitrogens with zero attached hydrogens (tertiary/aromatic N) is 3. The summed E-state index contributed by atoms with van der Waals surface area (Å²) in [7, 11) is 0. The van der Waals surface area contributed by atoms with Gasteiger partial charge >= 0.3 is 0 Å². The third-order valence-corrected chi connectivity index (χ3v) is 2.98. The van der Waals surface area contributed by atoms with Crippen LogP contribution in [-0.4, -0.2) is 14.8 Å². The summed E-state index contributed by atoms with van der Waals surface area (Å²) < 4.78 is 2.81. The van der Waals surface area contributed by atoms with Crippen LogP contribution in [0.4, 0.5) is 0 Å². The highest BCUT2D eigenvalue weighted by Crippen LogP contribution is 2.15. The first-order valence-corrected chi connectivity index (χ1v) is 5.62. The van der Waals surface area contributed by atoms with Crippen LogP contribution in [0, 0.1) is 6.92 Å². The van der Waals surface area contributed by atoms with E-state index in [0.717, 1.165) is 15.9 Å². The van der Waals surface area contributed by atoms with Gasteiger partial charge in [-0.2, -0.15) is 5.10 Å². The first-order chi connectivity index (χ1) is 7.16. The highest BCUT2D eigenvalue weighted by Gasteiger charge is 2.04. The zero-order valence-corrected chi connectivity index (χ0v) is 10.5. The van der Waals surface area contributed by atoms with E-state index in [1.807, 2.05) is 23.7 Å². The summed E-state index contributed by atoms with van der Waals surface area (Å²) in [4.78, 5) is 4.27. The van der Waals surface area contributed by atoms with Crippen molar-refractivity contribution in [3.8, 4) is 0 Å². The summed E-state index contributed by atoms with van der Waals surface area (Å²) in [5.74, 6) is 0. The fourth-order valence-electron chi connectivity index (χ4n) is 1.24. The molecule has 0 atom stereocenters. The van der Waals surface area contributed by atoms with Crippen LogP contribution in [0.2, 0.25) is 5.02 Å². The summed E-state index contributed by atoms with van der Waals surface area (Å²) in [6.07, 6.45) is 3.42. The maximum Gasteiger partial charge on any atom is 0.0834 e. The van der Waals surface area contributed by atoms with Crippen LogP contribution in [0.15, 0.2) is 29.0 Å². The minimum atomic E-state index is 0.645. The van der Waals surface area contributed by atoms with Gasteiger partial charge in [-0.1, -0.05) is 11.6 Å². The van der Waals surface area contributed by atoms with E-state index in [9.17, 15) is 0 Å².